The number of amides is 2. The molecule has 7 nitrogen and oxygen atoms in total. The Morgan fingerprint density at radius 1 is 1.26 bits per heavy atom. The van der Waals surface area contributed by atoms with Crippen molar-refractivity contribution in [2.75, 3.05) is 24.5 Å². The van der Waals surface area contributed by atoms with Crippen molar-refractivity contribution in [1.82, 2.24) is 10.6 Å². The summed E-state index contributed by atoms with van der Waals surface area (Å²) in [7, 11) is 0. The number of nitrogens with two attached hydrogens (primary N) is 1. The molecule has 1 aromatic rings. The third kappa shape index (κ3) is 6.67. The Hall–Kier alpha value is -1.84. The highest BCUT2D eigenvalue weighted by molar-refractivity contribution is 14.0. The predicted molar refractivity (Wildman–Crippen MR) is 119 cm³/mol. The molecule has 1 aromatic carbocycles. The van der Waals surface area contributed by atoms with E-state index in [1.54, 1.807) is 13.8 Å². The number of hydrogen-bond acceptors (Lipinski definition) is 3. The zero-order valence-corrected chi connectivity index (χ0v) is 18.6. The van der Waals surface area contributed by atoms with Gasteiger partial charge in [0.05, 0.1) is 12.0 Å². The van der Waals surface area contributed by atoms with Gasteiger partial charge in [-0.15, -0.1) is 24.0 Å². The number of primary amides is 1. The van der Waals surface area contributed by atoms with Crippen LogP contribution in [0.4, 0.5) is 5.69 Å². The van der Waals surface area contributed by atoms with Crippen molar-refractivity contribution in [3.8, 4) is 0 Å². The number of nitrogens with one attached hydrogen (secondary N) is 2. The molecule has 0 unspecified atom stereocenters. The Morgan fingerprint density at radius 2 is 1.93 bits per heavy atom. The van der Waals surface area contributed by atoms with Crippen molar-refractivity contribution in [3.63, 3.8) is 0 Å². The van der Waals surface area contributed by atoms with E-state index in [9.17, 15) is 9.59 Å². The molecule has 0 bridgehead atoms. The first-order valence-corrected chi connectivity index (χ1v) is 9.05. The average molecular weight is 487 g/mol. The van der Waals surface area contributed by atoms with Crippen LogP contribution in [0.3, 0.4) is 0 Å². The summed E-state index contributed by atoms with van der Waals surface area (Å²) in [5, 5.41) is 6.32. The van der Waals surface area contributed by atoms with Crippen molar-refractivity contribution >= 4 is 47.4 Å². The number of halogens is 1. The normalized spacial score (nSPS) is 14.7. The SMILES string of the molecule is CCNC(=NCc1ccc(N2CCCC2=O)cc1)NCC(C)(C)C(N)=O.I. The van der Waals surface area contributed by atoms with E-state index in [-0.39, 0.29) is 35.8 Å². The van der Waals surface area contributed by atoms with Gasteiger partial charge in [0.2, 0.25) is 11.8 Å². The molecule has 2 amide bonds. The van der Waals surface area contributed by atoms with Crippen molar-refractivity contribution in [2.24, 2.45) is 16.1 Å². The standard InChI is InChI=1S/C19H29N5O2.HI/c1-4-21-18(23-13-19(2,3)17(20)26)22-12-14-7-9-15(10-8-14)24-11-5-6-16(24)25;/h7-10H,4-6,11-13H2,1-3H3,(H2,20,26)(H2,21,22,23);1H. The number of carbonyl (C=O) groups is 2. The summed E-state index contributed by atoms with van der Waals surface area (Å²) < 4.78 is 0. The Bertz CT molecular complexity index is 673. The summed E-state index contributed by atoms with van der Waals surface area (Å²) in [6, 6.07) is 7.90. The molecular formula is C19H30IN5O2. The molecule has 1 aliphatic heterocycles. The van der Waals surface area contributed by atoms with E-state index in [1.807, 2.05) is 36.1 Å². The first-order chi connectivity index (χ1) is 12.3. The average Bonchev–Trinajstić information content (AvgIpc) is 3.04. The van der Waals surface area contributed by atoms with Gasteiger partial charge in [0.1, 0.15) is 0 Å². The molecule has 1 saturated heterocycles. The second kappa shape index (κ2) is 10.5. The number of hydrogen-bond donors (Lipinski definition) is 3. The van der Waals surface area contributed by atoms with E-state index < -0.39 is 5.41 Å². The van der Waals surface area contributed by atoms with Gasteiger partial charge in [0.25, 0.3) is 0 Å². The number of benzene rings is 1. The molecule has 0 aromatic heterocycles. The topological polar surface area (TPSA) is 99.8 Å². The Labute approximate surface area is 178 Å². The third-order valence-corrected chi connectivity index (χ3v) is 4.45. The van der Waals surface area contributed by atoms with Crippen LogP contribution >= 0.6 is 24.0 Å². The first-order valence-electron chi connectivity index (χ1n) is 9.05. The van der Waals surface area contributed by atoms with E-state index >= 15 is 0 Å². The smallest absolute Gasteiger partial charge is 0.227 e. The predicted octanol–water partition coefficient (Wildman–Crippen LogP) is 2.00. The van der Waals surface area contributed by atoms with E-state index in [4.69, 9.17) is 5.73 Å². The van der Waals surface area contributed by atoms with Crippen LogP contribution in [0.2, 0.25) is 0 Å². The highest BCUT2D eigenvalue weighted by Crippen LogP contribution is 2.21. The number of anilines is 1. The molecule has 0 saturated carbocycles. The Kier molecular flexibility index (Phi) is 9.01. The minimum atomic E-state index is -0.653. The molecule has 0 spiro atoms. The molecule has 8 heteroatoms. The lowest BCUT2D eigenvalue weighted by Crippen LogP contribution is -2.46. The number of aliphatic imine (C=N–C) groups is 1. The quantitative estimate of drug-likeness (QED) is 0.311. The van der Waals surface area contributed by atoms with Gasteiger partial charge >= 0.3 is 0 Å². The molecule has 0 aliphatic carbocycles. The first kappa shape index (κ1) is 23.2. The lowest BCUT2D eigenvalue weighted by molar-refractivity contribution is -0.125. The van der Waals surface area contributed by atoms with Crippen LogP contribution in [-0.4, -0.2) is 37.4 Å². The van der Waals surface area contributed by atoms with Crippen molar-refractivity contribution < 1.29 is 9.59 Å². The van der Waals surface area contributed by atoms with E-state index in [2.05, 4.69) is 15.6 Å². The van der Waals surface area contributed by atoms with Gasteiger partial charge in [-0.1, -0.05) is 12.1 Å². The molecular weight excluding hydrogens is 457 g/mol. The van der Waals surface area contributed by atoms with Crippen LogP contribution in [0.15, 0.2) is 29.3 Å². The highest BCUT2D eigenvalue weighted by Gasteiger charge is 2.25. The maximum absolute atomic E-state index is 11.8. The van der Waals surface area contributed by atoms with Crippen LogP contribution in [0.5, 0.6) is 0 Å². The molecule has 27 heavy (non-hydrogen) atoms. The molecule has 1 aliphatic rings. The number of guanidine groups is 1. The summed E-state index contributed by atoms with van der Waals surface area (Å²) in [6.07, 6.45) is 1.55. The monoisotopic (exact) mass is 487 g/mol. The van der Waals surface area contributed by atoms with Gasteiger partial charge in [-0.25, -0.2) is 4.99 Å². The van der Waals surface area contributed by atoms with Crippen LogP contribution in [-0.2, 0) is 16.1 Å². The van der Waals surface area contributed by atoms with Gasteiger partial charge in [-0.05, 0) is 44.9 Å². The molecule has 150 valence electrons. The number of nitrogens with zero attached hydrogens (tertiary/aromatic N) is 2. The van der Waals surface area contributed by atoms with Crippen LogP contribution < -0.4 is 21.3 Å². The zero-order valence-electron chi connectivity index (χ0n) is 16.2. The third-order valence-electron chi connectivity index (χ3n) is 4.45. The van der Waals surface area contributed by atoms with Gasteiger partial charge < -0.3 is 21.3 Å². The summed E-state index contributed by atoms with van der Waals surface area (Å²) in [6.45, 7) is 8.00. The van der Waals surface area contributed by atoms with Crippen molar-refractivity contribution in [1.29, 1.82) is 0 Å². The highest BCUT2D eigenvalue weighted by atomic mass is 127. The van der Waals surface area contributed by atoms with Crippen LogP contribution in [0.1, 0.15) is 39.2 Å². The second-order valence-corrected chi connectivity index (χ2v) is 7.11. The minimum Gasteiger partial charge on any atom is -0.369 e. The summed E-state index contributed by atoms with van der Waals surface area (Å²) in [4.78, 5) is 29.6. The zero-order chi connectivity index (χ0) is 19.2. The lowest BCUT2D eigenvalue weighted by atomic mass is 9.93. The summed E-state index contributed by atoms with van der Waals surface area (Å²) in [5.41, 5.74) is 6.74. The Morgan fingerprint density at radius 3 is 2.44 bits per heavy atom. The maximum Gasteiger partial charge on any atom is 0.227 e. The van der Waals surface area contributed by atoms with Gasteiger partial charge in [0, 0.05) is 31.7 Å². The van der Waals surface area contributed by atoms with E-state index in [0.29, 0.717) is 25.5 Å². The van der Waals surface area contributed by atoms with E-state index in [1.165, 1.54) is 0 Å². The number of rotatable bonds is 7. The molecule has 4 N–H and O–H groups in total. The molecule has 1 fully saturated rings. The summed E-state index contributed by atoms with van der Waals surface area (Å²) >= 11 is 0. The van der Waals surface area contributed by atoms with Crippen molar-refractivity contribution in [2.45, 2.75) is 40.2 Å². The van der Waals surface area contributed by atoms with Crippen LogP contribution in [0.25, 0.3) is 0 Å². The van der Waals surface area contributed by atoms with Gasteiger partial charge in [-0.2, -0.15) is 0 Å². The van der Waals surface area contributed by atoms with Crippen LogP contribution in [0, 0.1) is 5.41 Å². The summed E-state index contributed by atoms with van der Waals surface area (Å²) in [5.74, 6) is 0.472. The lowest BCUT2D eigenvalue weighted by Gasteiger charge is -2.22. The largest absolute Gasteiger partial charge is 0.369 e. The van der Waals surface area contributed by atoms with Gasteiger partial charge in [-0.3, -0.25) is 9.59 Å². The second-order valence-electron chi connectivity index (χ2n) is 7.11. The van der Waals surface area contributed by atoms with Crippen molar-refractivity contribution in [3.05, 3.63) is 29.8 Å². The van der Waals surface area contributed by atoms with Gasteiger partial charge in [0.15, 0.2) is 5.96 Å². The maximum atomic E-state index is 11.8. The number of carbonyl (C=O) groups excluding carboxylic acids is 2. The fourth-order valence-electron chi connectivity index (χ4n) is 2.61. The van der Waals surface area contributed by atoms with E-state index in [0.717, 1.165) is 30.8 Å². The molecule has 0 radical (unpaired) electrons. The fraction of sp³-hybridized carbons (Fsp3) is 0.526. The molecule has 2 rings (SSSR count). The fourth-order valence-corrected chi connectivity index (χ4v) is 2.61. The molecule has 0 atom stereocenters. The molecule has 1 heterocycles. The minimum absolute atomic E-state index is 0. The Balaban J connectivity index is 0.00000364.